The molecule has 0 amide bonds. The van der Waals surface area contributed by atoms with Gasteiger partial charge in [0.15, 0.2) is 0 Å². The van der Waals surface area contributed by atoms with Gasteiger partial charge in [0.05, 0.1) is 30.1 Å². The Kier molecular flexibility index (Phi) is 7.26. The maximum Gasteiger partial charge on any atom is 0.335 e. The van der Waals surface area contributed by atoms with Crippen LogP contribution in [0.1, 0.15) is 31.7 Å². The number of thioether (sulfide) groups is 1. The van der Waals surface area contributed by atoms with Gasteiger partial charge in [0.1, 0.15) is 0 Å². The van der Waals surface area contributed by atoms with E-state index in [9.17, 15) is 9.59 Å². The third kappa shape index (κ3) is 5.11. The summed E-state index contributed by atoms with van der Waals surface area (Å²) in [5.41, 5.74) is 3.48. The van der Waals surface area contributed by atoms with E-state index in [2.05, 4.69) is 4.98 Å². The first-order valence-corrected chi connectivity index (χ1v) is 9.88. The lowest BCUT2D eigenvalue weighted by atomic mass is 10.0. The number of aromatic nitrogens is 1. The Morgan fingerprint density at radius 2 is 1.69 bits per heavy atom. The highest BCUT2D eigenvalue weighted by Crippen LogP contribution is 2.28. The first-order chi connectivity index (χ1) is 12.5. The summed E-state index contributed by atoms with van der Waals surface area (Å²) in [5.74, 6) is -0.0733. The monoisotopic (exact) mass is 376 g/mol. The van der Waals surface area contributed by atoms with Crippen molar-refractivity contribution < 1.29 is 19.1 Å². The van der Waals surface area contributed by atoms with E-state index in [1.807, 2.05) is 25.3 Å². The summed E-state index contributed by atoms with van der Waals surface area (Å²) in [6.45, 7) is 5.98. The lowest BCUT2D eigenvalue weighted by Gasteiger charge is -2.24. The standard InChI is InChI=1S/C19H24N2O4S/c1-5-24-18(22)14-8-15(19(23)25-6-2)11-21(10-14)17-7-13(3)20-16(9-17)12-26-4/h7,9-11H,5-6,8,12H2,1-4H3. The van der Waals surface area contributed by atoms with E-state index in [1.165, 1.54) is 0 Å². The molecule has 0 N–H and O–H groups in total. The molecule has 1 aromatic rings. The Labute approximate surface area is 158 Å². The molecule has 2 rings (SSSR count). The number of anilines is 1. The molecule has 7 heteroatoms. The summed E-state index contributed by atoms with van der Waals surface area (Å²) in [6, 6.07) is 3.86. The number of ether oxygens (including phenoxy) is 2. The number of rotatable bonds is 7. The first-order valence-electron chi connectivity index (χ1n) is 8.48. The lowest BCUT2D eigenvalue weighted by molar-refractivity contribution is -0.139. The molecule has 0 saturated carbocycles. The van der Waals surface area contributed by atoms with Crippen LogP contribution < -0.4 is 4.90 Å². The molecule has 1 aliphatic heterocycles. The third-order valence-electron chi connectivity index (χ3n) is 3.63. The van der Waals surface area contributed by atoms with E-state index < -0.39 is 11.9 Å². The molecule has 0 atom stereocenters. The van der Waals surface area contributed by atoms with Gasteiger partial charge < -0.3 is 14.4 Å². The molecule has 0 spiro atoms. The number of carbonyl (C=O) groups excluding carboxylic acids is 2. The van der Waals surface area contributed by atoms with Gasteiger partial charge in [-0.05, 0) is 39.2 Å². The first kappa shape index (κ1) is 20.0. The minimum atomic E-state index is -0.428. The molecule has 140 valence electrons. The zero-order valence-electron chi connectivity index (χ0n) is 15.6. The van der Waals surface area contributed by atoms with Crippen LogP contribution in [0.5, 0.6) is 0 Å². The molecule has 0 bridgehead atoms. The van der Waals surface area contributed by atoms with Crippen LogP contribution in [0.25, 0.3) is 0 Å². The smallest absolute Gasteiger partial charge is 0.335 e. The molecule has 0 aliphatic carbocycles. The average Bonchev–Trinajstić information content (AvgIpc) is 2.61. The molecule has 26 heavy (non-hydrogen) atoms. The van der Waals surface area contributed by atoms with Crippen LogP contribution in [-0.4, -0.2) is 36.4 Å². The van der Waals surface area contributed by atoms with E-state index in [4.69, 9.17) is 9.47 Å². The van der Waals surface area contributed by atoms with Gasteiger partial charge in [-0.25, -0.2) is 9.59 Å². The van der Waals surface area contributed by atoms with E-state index in [-0.39, 0.29) is 19.6 Å². The number of carbonyl (C=O) groups is 2. The van der Waals surface area contributed by atoms with Gasteiger partial charge in [-0.1, -0.05) is 0 Å². The topological polar surface area (TPSA) is 68.7 Å². The zero-order valence-corrected chi connectivity index (χ0v) is 16.4. The maximum atomic E-state index is 12.2. The molecule has 2 heterocycles. The van der Waals surface area contributed by atoms with Crippen LogP contribution in [-0.2, 0) is 24.8 Å². The minimum Gasteiger partial charge on any atom is -0.463 e. The predicted octanol–water partition coefficient (Wildman–Crippen LogP) is 3.36. The molecule has 0 saturated heterocycles. The fourth-order valence-corrected chi connectivity index (χ4v) is 3.05. The summed E-state index contributed by atoms with van der Waals surface area (Å²) in [7, 11) is 0. The fraction of sp³-hybridized carbons (Fsp3) is 0.421. The highest BCUT2D eigenvalue weighted by atomic mass is 32.2. The van der Waals surface area contributed by atoms with Crippen molar-refractivity contribution in [2.45, 2.75) is 32.9 Å². The fourth-order valence-electron chi connectivity index (χ4n) is 2.60. The van der Waals surface area contributed by atoms with E-state index in [1.54, 1.807) is 42.9 Å². The number of aryl methyl sites for hydroxylation is 1. The second-order valence-corrected chi connectivity index (χ2v) is 6.59. The van der Waals surface area contributed by atoms with Crippen molar-refractivity contribution in [3.63, 3.8) is 0 Å². The van der Waals surface area contributed by atoms with Crippen LogP contribution >= 0.6 is 11.8 Å². The number of hydrogen-bond donors (Lipinski definition) is 0. The van der Waals surface area contributed by atoms with E-state index in [0.29, 0.717) is 11.1 Å². The van der Waals surface area contributed by atoms with E-state index >= 15 is 0 Å². The summed E-state index contributed by atoms with van der Waals surface area (Å²) >= 11 is 1.68. The second kappa shape index (κ2) is 9.43. The van der Waals surface area contributed by atoms with Gasteiger partial charge in [-0.15, -0.1) is 0 Å². The normalized spacial score (nSPS) is 13.8. The van der Waals surface area contributed by atoms with Crippen LogP contribution in [0.2, 0.25) is 0 Å². The van der Waals surface area contributed by atoms with Crippen molar-refractivity contribution in [2.24, 2.45) is 0 Å². The third-order valence-corrected chi connectivity index (χ3v) is 4.21. The number of nitrogens with zero attached hydrogens (tertiary/aromatic N) is 2. The molecule has 0 radical (unpaired) electrons. The van der Waals surface area contributed by atoms with Gasteiger partial charge in [-0.3, -0.25) is 4.98 Å². The highest BCUT2D eigenvalue weighted by Gasteiger charge is 2.24. The highest BCUT2D eigenvalue weighted by molar-refractivity contribution is 7.97. The molecular formula is C19H24N2O4S. The maximum absolute atomic E-state index is 12.2. The van der Waals surface area contributed by atoms with Gasteiger partial charge in [0.2, 0.25) is 0 Å². The Morgan fingerprint density at radius 1 is 1.12 bits per heavy atom. The largest absolute Gasteiger partial charge is 0.463 e. The van der Waals surface area contributed by atoms with Crippen LogP contribution in [0.3, 0.4) is 0 Å². The SMILES string of the molecule is CCOC(=O)C1=CN(c2cc(C)nc(CSC)c2)C=C(C(=O)OCC)C1. The van der Waals surface area contributed by atoms with Crippen LogP contribution in [0.4, 0.5) is 5.69 Å². The van der Waals surface area contributed by atoms with Crippen LogP contribution in [0.15, 0.2) is 35.7 Å². The number of esters is 2. The van der Waals surface area contributed by atoms with Crippen molar-refractivity contribution in [3.05, 3.63) is 47.1 Å². The predicted molar refractivity (Wildman–Crippen MR) is 103 cm³/mol. The Morgan fingerprint density at radius 3 is 2.19 bits per heavy atom. The van der Waals surface area contributed by atoms with Crippen molar-refractivity contribution in [3.8, 4) is 0 Å². The number of pyridine rings is 1. The van der Waals surface area contributed by atoms with Crippen molar-refractivity contribution in [1.29, 1.82) is 0 Å². The summed E-state index contributed by atoms with van der Waals surface area (Å²) < 4.78 is 10.2. The lowest BCUT2D eigenvalue weighted by Crippen LogP contribution is -2.23. The van der Waals surface area contributed by atoms with Crippen molar-refractivity contribution in [1.82, 2.24) is 4.98 Å². The van der Waals surface area contributed by atoms with E-state index in [0.717, 1.165) is 22.8 Å². The van der Waals surface area contributed by atoms with Gasteiger partial charge in [0, 0.05) is 36.0 Å². The zero-order chi connectivity index (χ0) is 19.1. The van der Waals surface area contributed by atoms with Gasteiger partial charge in [-0.2, -0.15) is 11.8 Å². The summed E-state index contributed by atoms with van der Waals surface area (Å²) in [4.78, 5) is 30.7. The summed E-state index contributed by atoms with van der Waals surface area (Å²) in [6.07, 6.45) is 5.62. The molecule has 0 fully saturated rings. The van der Waals surface area contributed by atoms with Gasteiger partial charge >= 0.3 is 11.9 Å². The molecule has 0 unspecified atom stereocenters. The molecule has 6 nitrogen and oxygen atoms in total. The molecular weight excluding hydrogens is 352 g/mol. The van der Waals surface area contributed by atoms with Crippen molar-refractivity contribution in [2.75, 3.05) is 24.4 Å². The average molecular weight is 376 g/mol. The summed E-state index contributed by atoms with van der Waals surface area (Å²) in [5, 5.41) is 0. The molecule has 1 aliphatic rings. The quantitative estimate of drug-likeness (QED) is 0.676. The Balaban J connectivity index is 2.42. The second-order valence-electron chi connectivity index (χ2n) is 5.72. The van der Waals surface area contributed by atoms with Crippen molar-refractivity contribution >= 4 is 29.4 Å². The minimum absolute atomic E-state index is 0.190. The Bertz CT molecular complexity index is 709. The van der Waals surface area contributed by atoms with Crippen LogP contribution in [0, 0.1) is 6.92 Å². The molecule has 1 aromatic heterocycles. The molecule has 0 aromatic carbocycles. The Hall–Kier alpha value is -2.28. The van der Waals surface area contributed by atoms with Gasteiger partial charge in [0.25, 0.3) is 0 Å². The number of hydrogen-bond acceptors (Lipinski definition) is 7.